The topological polar surface area (TPSA) is 66.6 Å². The lowest BCUT2D eigenvalue weighted by atomic mass is 9.49. The van der Waals surface area contributed by atoms with Gasteiger partial charge in [0.15, 0.2) is 0 Å². The molecule has 1 heterocycles. The quantitative estimate of drug-likeness (QED) is 0.877. The van der Waals surface area contributed by atoms with E-state index in [0.717, 1.165) is 51.0 Å². The van der Waals surface area contributed by atoms with Crippen molar-refractivity contribution in [2.24, 2.45) is 11.7 Å². The van der Waals surface area contributed by atoms with Gasteiger partial charge in [0.1, 0.15) is 0 Å². The fourth-order valence-corrected chi connectivity index (χ4v) is 6.54. The number of hydrogen-bond donors (Lipinski definition) is 2. The largest absolute Gasteiger partial charge is 0.387 e. The minimum absolute atomic E-state index is 0.200. The van der Waals surface area contributed by atoms with Crippen molar-refractivity contribution in [2.45, 2.75) is 81.4 Å². The smallest absolute Gasteiger partial charge is 0.248 e. The van der Waals surface area contributed by atoms with Gasteiger partial charge >= 0.3 is 0 Å². The molecule has 140 valence electrons. The zero-order valence-electron chi connectivity index (χ0n) is 15.7. The predicted octanol–water partition coefficient (Wildman–Crippen LogP) is 2.76. The monoisotopic (exact) mass is 354 g/mol. The van der Waals surface area contributed by atoms with Crippen molar-refractivity contribution in [3.63, 3.8) is 0 Å². The van der Waals surface area contributed by atoms with Crippen LogP contribution in [0.5, 0.6) is 0 Å². The maximum absolute atomic E-state index is 12.1. The SMILES string of the molecule is C[C@H](C1CC1)N1CCC23CCCCC2(O)C1Cc1ccc(C(N)=O)cc13. The second-order valence-corrected chi connectivity index (χ2v) is 9.24. The number of nitrogens with two attached hydrogens (primary N) is 1. The molecule has 4 heteroatoms. The van der Waals surface area contributed by atoms with Gasteiger partial charge in [0, 0.05) is 23.1 Å². The lowest BCUT2D eigenvalue weighted by Crippen LogP contribution is -2.73. The number of likely N-dealkylation sites (tertiary alicyclic amines) is 1. The zero-order valence-corrected chi connectivity index (χ0v) is 15.7. The molecule has 1 amide bonds. The number of rotatable bonds is 3. The molecule has 4 nitrogen and oxygen atoms in total. The van der Waals surface area contributed by atoms with Crippen molar-refractivity contribution in [1.82, 2.24) is 4.90 Å². The number of primary amides is 1. The highest BCUT2D eigenvalue weighted by atomic mass is 16.3. The number of amides is 1. The first-order chi connectivity index (χ1) is 12.5. The maximum atomic E-state index is 12.1. The standard InChI is InChI=1S/C22H30N2O2/c1-14(15-4-5-15)24-11-10-21-8-2-3-9-22(21,26)19(24)13-16-6-7-17(20(23)25)12-18(16)21/h6-7,12,14-15,19,26H,2-5,8-11,13H2,1H3,(H2,23,25)/t14-,19?,21?,22?/m1/s1. The van der Waals surface area contributed by atoms with Crippen LogP contribution in [0.15, 0.2) is 18.2 Å². The highest BCUT2D eigenvalue weighted by molar-refractivity contribution is 5.93. The van der Waals surface area contributed by atoms with Gasteiger partial charge in [-0.3, -0.25) is 9.69 Å². The number of aliphatic hydroxyl groups is 1. The summed E-state index contributed by atoms with van der Waals surface area (Å²) in [4.78, 5) is 14.4. The summed E-state index contributed by atoms with van der Waals surface area (Å²) in [5, 5.41) is 12.1. The molecule has 1 saturated heterocycles. The highest BCUT2D eigenvalue weighted by Gasteiger charge is 2.64. The van der Waals surface area contributed by atoms with Crippen LogP contribution >= 0.6 is 0 Å². The van der Waals surface area contributed by atoms with E-state index in [0.29, 0.717) is 11.6 Å². The van der Waals surface area contributed by atoms with E-state index in [1.165, 1.54) is 24.0 Å². The second kappa shape index (κ2) is 5.56. The summed E-state index contributed by atoms with van der Waals surface area (Å²) >= 11 is 0. The summed E-state index contributed by atoms with van der Waals surface area (Å²) in [5.41, 5.74) is 7.81. The van der Waals surface area contributed by atoms with Gasteiger partial charge in [0.25, 0.3) is 0 Å². The minimum Gasteiger partial charge on any atom is -0.387 e. The van der Waals surface area contributed by atoms with Crippen molar-refractivity contribution >= 4 is 5.91 Å². The Hall–Kier alpha value is -1.39. The summed E-state index contributed by atoms with van der Waals surface area (Å²) in [5.74, 6) is 0.443. The van der Waals surface area contributed by atoms with Crippen LogP contribution in [0, 0.1) is 5.92 Å². The Labute approximate surface area is 155 Å². The Morgan fingerprint density at radius 2 is 2.04 bits per heavy atom. The van der Waals surface area contributed by atoms with Crippen molar-refractivity contribution in [3.8, 4) is 0 Å². The number of benzene rings is 1. The first-order valence-electron chi connectivity index (χ1n) is 10.4. The van der Waals surface area contributed by atoms with Crippen LogP contribution in [0.1, 0.15) is 73.4 Å². The Balaban J connectivity index is 1.64. The maximum Gasteiger partial charge on any atom is 0.248 e. The first kappa shape index (κ1) is 16.8. The van der Waals surface area contributed by atoms with Gasteiger partial charge in [0.05, 0.1) is 5.60 Å². The van der Waals surface area contributed by atoms with Crippen LogP contribution in [0.3, 0.4) is 0 Å². The molecule has 26 heavy (non-hydrogen) atoms. The number of carbonyl (C=O) groups excluding carboxylic acids is 1. The molecule has 3 aliphatic carbocycles. The van der Waals surface area contributed by atoms with Crippen molar-refractivity contribution in [3.05, 3.63) is 34.9 Å². The summed E-state index contributed by atoms with van der Waals surface area (Å²) in [6.45, 7) is 3.42. The molecule has 1 aromatic rings. The minimum atomic E-state index is -0.671. The molecule has 1 aliphatic heterocycles. The van der Waals surface area contributed by atoms with E-state index in [1.54, 1.807) is 0 Å². The van der Waals surface area contributed by atoms with E-state index in [4.69, 9.17) is 5.73 Å². The second-order valence-electron chi connectivity index (χ2n) is 9.24. The molecule has 0 aromatic heterocycles. The van der Waals surface area contributed by atoms with E-state index >= 15 is 0 Å². The third-order valence-electron chi connectivity index (χ3n) is 8.14. The zero-order chi connectivity index (χ0) is 18.1. The van der Waals surface area contributed by atoms with Crippen LogP contribution < -0.4 is 5.73 Å². The van der Waals surface area contributed by atoms with Crippen LogP contribution in [0.25, 0.3) is 0 Å². The summed E-state index contributed by atoms with van der Waals surface area (Å²) < 4.78 is 0. The third-order valence-corrected chi connectivity index (χ3v) is 8.14. The summed E-state index contributed by atoms with van der Waals surface area (Å²) in [7, 11) is 0. The number of nitrogens with zero attached hydrogens (tertiary/aromatic N) is 1. The summed E-state index contributed by atoms with van der Waals surface area (Å²) in [6.07, 6.45) is 8.74. The van der Waals surface area contributed by atoms with E-state index in [1.807, 2.05) is 12.1 Å². The van der Waals surface area contributed by atoms with Crippen molar-refractivity contribution in [2.75, 3.05) is 6.54 Å². The lowest BCUT2D eigenvalue weighted by Gasteiger charge is -2.64. The molecule has 0 radical (unpaired) electrons. The molecule has 1 aromatic carbocycles. The van der Waals surface area contributed by atoms with E-state index in [9.17, 15) is 9.90 Å². The average molecular weight is 354 g/mol. The number of fused-ring (bicyclic) bond motifs is 1. The van der Waals surface area contributed by atoms with E-state index < -0.39 is 5.60 Å². The van der Waals surface area contributed by atoms with E-state index in [2.05, 4.69) is 17.9 Å². The van der Waals surface area contributed by atoms with Crippen LogP contribution in [-0.4, -0.2) is 40.1 Å². The fraction of sp³-hybridized carbons (Fsp3) is 0.682. The molecule has 3 N–H and O–H groups in total. The van der Waals surface area contributed by atoms with Crippen molar-refractivity contribution < 1.29 is 9.90 Å². The lowest BCUT2D eigenvalue weighted by molar-refractivity contribution is -0.174. The molecule has 2 saturated carbocycles. The Bertz CT molecular complexity index is 759. The van der Waals surface area contributed by atoms with Gasteiger partial charge in [-0.15, -0.1) is 0 Å². The van der Waals surface area contributed by atoms with E-state index in [-0.39, 0.29) is 17.4 Å². The molecule has 0 spiro atoms. The fourth-order valence-electron chi connectivity index (χ4n) is 6.54. The van der Waals surface area contributed by atoms with Crippen LogP contribution in [0.4, 0.5) is 0 Å². The molecule has 3 fully saturated rings. The van der Waals surface area contributed by atoms with Gasteiger partial charge in [0.2, 0.25) is 5.91 Å². The highest BCUT2D eigenvalue weighted by Crippen LogP contribution is 2.59. The first-order valence-corrected chi connectivity index (χ1v) is 10.4. The molecular weight excluding hydrogens is 324 g/mol. The number of carbonyl (C=O) groups is 1. The normalized spacial score (nSPS) is 37.5. The Morgan fingerprint density at radius 3 is 2.77 bits per heavy atom. The van der Waals surface area contributed by atoms with Crippen LogP contribution in [0.2, 0.25) is 0 Å². The van der Waals surface area contributed by atoms with Gasteiger partial charge in [-0.2, -0.15) is 0 Å². The Kier molecular flexibility index (Phi) is 3.58. The molecule has 5 rings (SSSR count). The average Bonchev–Trinajstić information content (AvgIpc) is 3.45. The third kappa shape index (κ3) is 2.12. The van der Waals surface area contributed by atoms with Crippen LogP contribution in [-0.2, 0) is 11.8 Å². The molecule has 3 unspecified atom stereocenters. The molecule has 4 aliphatic rings. The number of hydrogen-bond acceptors (Lipinski definition) is 3. The molecular formula is C22H30N2O2. The van der Waals surface area contributed by atoms with Crippen molar-refractivity contribution in [1.29, 1.82) is 0 Å². The molecule has 2 bridgehead atoms. The van der Waals surface area contributed by atoms with Gasteiger partial charge in [-0.25, -0.2) is 0 Å². The molecule has 4 atom stereocenters. The van der Waals surface area contributed by atoms with Gasteiger partial charge < -0.3 is 10.8 Å². The Morgan fingerprint density at radius 1 is 1.27 bits per heavy atom. The number of piperidine rings is 1. The van der Waals surface area contributed by atoms with Gasteiger partial charge in [-0.1, -0.05) is 18.9 Å². The predicted molar refractivity (Wildman–Crippen MR) is 101 cm³/mol. The summed E-state index contributed by atoms with van der Waals surface area (Å²) in [6, 6.07) is 6.75. The van der Waals surface area contributed by atoms with Gasteiger partial charge in [-0.05, 0) is 81.2 Å².